The molecule has 1 aliphatic rings. The maximum absolute atomic E-state index is 4.97. The van der Waals surface area contributed by atoms with Crippen LogP contribution in [0.1, 0.15) is 72.6 Å². The highest BCUT2D eigenvalue weighted by Crippen LogP contribution is 2.26. The van der Waals surface area contributed by atoms with Gasteiger partial charge in [0.2, 0.25) is 0 Å². The molecule has 106 valence electrons. The van der Waals surface area contributed by atoms with E-state index in [1.54, 1.807) is 0 Å². The second-order valence-electron chi connectivity index (χ2n) is 5.66. The summed E-state index contributed by atoms with van der Waals surface area (Å²) < 4.78 is 0. The highest BCUT2D eigenvalue weighted by Gasteiger charge is 2.27. The molecule has 2 unspecified atom stereocenters. The molecule has 2 atom stereocenters. The van der Waals surface area contributed by atoms with E-state index < -0.39 is 0 Å². The largest absolute Gasteiger partial charge is 0.360 e. The predicted molar refractivity (Wildman–Crippen MR) is 84.6 cm³/mol. The van der Waals surface area contributed by atoms with Crippen LogP contribution in [-0.2, 0) is 0 Å². The Morgan fingerprint density at radius 1 is 1.28 bits per heavy atom. The molecule has 0 bridgehead atoms. The topological polar surface area (TPSA) is 24.4 Å². The van der Waals surface area contributed by atoms with E-state index in [0.717, 1.165) is 0 Å². The number of hydrogen-bond acceptors (Lipinski definition) is 2. The maximum Gasteiger partial charge on any atom is 0.157 e. The van der Waals surface area contributed by atoms with Gasteiger partial charge in [0.1, 0.15) is 0 Å². The predicted octanol–water partition coefficient (Wildman–Crippen LogP) is 4.60. The molecule has 0 radical (unpaired) electrons. The standard InChI is InChI=1S/C15H30N2S/c1-5-8-10-13(9-6-2)16-14-17-15(4,7-3)11-12-18-14/h13H,5-12H2,1-4H3,(H,16,17). The molecular weight excluding hydrogens is 240 g/mol. The molecule has 1 heterocycles. The zero-order valence-corrected chi connectivity index (χ0v) is 13.4. The lowest BCUT2D eigenvalue weighted by Gasteiger charge is -2.35. The van der Waals surface area contributed by atoms with Crippen molar-refractivity contribution in [2.75, 3.05) is 5.75 Å². The van der Waals surface area contributed by atoms with Crippen LogP contribution in [0.15, 0.2) is 4.99 Å². The summed E-state index contributed by atoms with van der Waals surface area (Å²) in [6, 6.07) is 0.532. The van der Waals surface area contributed by atoms with Gasteiger partial charge in [0.15, 0.2) is 5.17 Å². The second-order valence-corrected chi connectivity index (χ2v) is 6.74. The molecule has 0 saturated carbocycles. The van der Waals surface area contributed by atoms with Crippen molar-refractivity contribution >= 4 is 16.9 Å². The minimum atomic E-state index is 0.269. The van der Waals surface area contributed by atoms with Crippen molar-refractivity contribution in [2.24, 2.45) is 4.99 Å². The number of rotatable bonds is 7. The van der Waals surface area contributed by atoms with E-state index in [9.17, 15) is 0 Å². The van der Waals surface area contributed by atoms with Gasteiger partial charge >= 0.3 is 0 Å². The summed E-state index contributed by atoms with van der Waals surface area (Å²) in [4.78, 5) is 4.97. The monoisotopic (exact) mass is 270 g/mol. The number of unbranched alkanes of at least 4 members (excludes halogenated alkanes) is 1. The van der Waals surface area contributed by atoms with Crippen molar-refractivity contribution in [3.8, 4) is 0 Å². The Kier molecular flexibility index (Phi) is 7.13. The molecule has 0 aromatic heterocycles. The number of aliphatic imine (C=N–C) groups is 1. The summed E-state index contributed by atoms with van der Waals surface area (Å²) in [5.41, 5.74) is 0.269. The van der Waals surface area contributed by atoms with E-state index >= 15 is 0 Å². The van der Waals surface area contributed by atoms with Gasteiger partial charge in [-0.2, -0.15) is 0 Å². The quantitative estimate of drug-likeness (QED) is 0.731. The Balaban J connectivity index is 2.60. The SMILES string of the molecule is CCCCC(CCC)N=C1NC(C)(CC)CCS1. The summed E-state index contributed by atoms with van der Waals surface area (Å²) in [7, 11) is 0. The summed E-state index contributed by atoms with van der Waals surface area (Å²) in [5.74, 6) is 1.21. The van der Waals surface area contributed by atoms with Gasteiger partial charge in [0.25, 0.3) is 0 Å². The fourth-order valence-electron chi connectivity index (χ4n) is 2.28. The van der Waals surface area contributed by atoms with E-state index in [2.05, 4.69) is 33.0 Å². The van der Waals surface area contributed by atoms with E-state index in [4.69, 9.17) is 4.99 Å². The summed E-state index contributed by atoms with van der Waals surface area (Å²) >= 11 is 1.91. The lowest BCUT2D eigenvalue weighted by atomic mass is 9.96. The molecule has 1 aliphatic heterocycles. The molecule has 18 heavy (non-hydrogen) atoms. The van der Waals surface area contributed by atoms with Crippen LogP contribution < -0.4 is 5.32 Å². The van der Waals surface area contributed by atoms with Crippen molar-refractivity contribution in [3.05, 3.63) is 0 Å². The van der Waals surface area contributed by atoms with Crippen molar-refractivity contribution < 1.29 is 0 Å². The van der Waals surface area contributed by atoms with Gasteiger partial charge < -0.3 is 5.32 Å². The van der Waals surface area contributed by atoms with Crippen LogP contribution in [0.4, 0.5) is 0 Å². The molecule has 1 saturated heterocycles. The van der Waals surface area contributed by atoms with Crippen molar-refractivity contribution in [1.82, 2.24) is 5.32 Å². The van der Waals surface area contributed by atoms with Gasteiger partial charge in [-0.3, -0.25) is 4.99 Å². The molecule has 2 nitrogen and oxygen atoms in total. The normalized spacial score (nSPS) is 28.1. The fraction of sp³-hybridized carbons (Fsp3) is 0.933. The van der Waals surface area contributed by atoms with Crippen LogP contribution in [0.3, 0.4) is 0 Å². The molecule has 0 aliphatic carbocycles. The Morgan fingerprint density at radius 2 is 2.06 bits per heavy atom. The molecule has 0 aromatic carbocycles. The first-order valence-electron chi connectivity index (χ1n) is 7.62. The maximum atomic E-state index is 4.97. The van der Waals surface area contributed by atoms with Crippen LogP contribution in [0.2, 0.25) is 0 Å². The number of hydrogen-bond donors (Lipinski definition) is 1. The van der Waals surface area contributed by atoms with Crippen LogP contribution in [0.25, 0.3) is 0 Å². The van der Waals surface area contributed by atoms with Crippen molar-refractivity contribution in [3.63, 3.8) is 0 Å². The molecule has 1 rings (SSSR count). The Labute approximate surface area is 117 Å². The minimum Gasteiger partial charge on any atom is -0.360 e. The Hall–Kier alpha value is -0.180. The molecule has 1 fully saturated rings. The van der Waals surface area contributed by atoms with Gasteiger partial charge in [-0.05, 0) is 32.6 Å². The Bertz CT molecular complexity index is 265. The summed E-state index contributed by atoms with van der Waals surface area (Å²) in [6.07, 6.45) is 8.73. The molecular formula is C15H30N2S. The molecule has 3 heteroatoms. The third kappa shape index (κ3) is 5.21. The number of amidine groups is 1. The van der Waals surface area contributed by atoms with Gasteiger partial charge in [-0.25, -0.2) is 0 Å². The fourth-order valence-corrected chi connectivity index (χ4v) is 3.56. The van der Waals surface area contributed by atoms with E-state index in [-0.39, 0.29) is 5.54 Å². The van der Waals surface area contributed by atoms with Gasteiger partial charge in [0.05, 0.1) is 6.04 Å². The number of nitrogens with one attached hydrogen (secondary N) is 1. The highest BCUT2D eigenvalue weighted by atomic mass is 32.2. The third-order valence-corrected chi connectivity index (χ3v) is 4.78. The zero-order chi connectivity index (χ0) is 13.4. The van der Waals surface area contributed by atoms with Crippen LogP contribution >= 0.6 is 11.8 Å². The first-order chi connectivity index (χ1) is 8.63. The van der Waals surface area contributed by atoms with Crippen LogP contribution in [-0.4, -0.2) is 22.5 Å². The molecule has 1 N–H and O–H groups in total. The van der Waals surface area contributed by atoms with E-state index in [1.165, 1.54) is 55.9 Å². The number of thioether (sulfide) groups is 1. The minimum absolute atomic E-state index is 0.269. The van der Waals surface area contributed by atoms with Gasteiger partial charge in [0, 0.05) is 11.3 Å². The average molecular weight is 270 g/mol. The summed E-state index contributed by atoms with van der Waals surface area (Å²) in [5, 5.41) is 4.85. The van der Waals surface area contributed by atoms with E-state index in [0.29, 0.717) is 6.04 Å². The third-order valence-electron chi connectivity index (χ3n) is 3.89. The zero-order valence-electron chi connectivity index (χ0n) is 12.6. The van der Waals surface area contributed by atoms with E-state index in [1.807, 2.05) is 11.8 Å². The lowest BCUT2D eigenvalue weighted by molar-refractivity contribution is 0.388. The highest BCUT2D eigenvalue weighted by molar-refractivity contribution is 8.13. The Morgan fingerprint density at radius 3 is 2.67 bits per heavy atom. The lowest BCUT2D eigenvalue weighted by Crippen LogP contribution is -2.48. The van der Waals surface area contributed by atoms with Gasteiger partial charge in [-0.1, -0.05) is 51.8 Å². The molecule has 0 spiro atoms. The molecule has 0 amide bonds. The molecule has 0 aromatic rings. The second kappa shape index (κ2) is 8.08. The first-order valence-corrected chi connectivity index (χ1v) is 8.61. The first kappa shape index (κ1) is 15.9. The summed E-state index contributed by atoms with van der Waals surface area (Å²) in [6.45, 7) is 9.11. The van der Waals surface area contributed by atoms with Crippen molar-refractivity contribution in [1.29, 1.82) is 0 Å². The van der Waals surface area contributed by atoms with Crippen LogP contribution in [0, 0.1) is 0 Å². The average Bonchev–Trinajstić information content (AvgIpc) is 2.36. The van der Waals surface area contributed by atoms with Crippen LogP contribution in [0.5, 0.6) is 0 Å². The number of nitrogens with zero attached hydrogens (tertiary/aromatic N) is 1. The van der Waals surface area contributed by atoms with Crippen molar-refractivity contribution in [2.45, 2.75) is 84.2 Å². The van der Waals surface area contributed by atoms with Gasteiger partial charge in [-0.15, -0.1) is 0 Å². The smallest absolute Gasteiger partial charge is 0.157 e.